The Morgan fingerprint density at radius 1 is 0.512 bits per heavy atom. The van der Waals surface area contributed by atoms with Crippen LogP contribution in [0.4, 0.5) is 0 Å². The fraction of sp³-hybridized carbons (Fsp3) is 0.943. The van der Waals surface area contributed by atoms with E-state index in [-0.39, 0.29) is 12.8 Å². The Kier molecular flexibility index (Phi) is 37.8. The molecule has 246 valence electrons. The van der Waals surface area contributed by atoms with E-state index in [1.807, 2.05) is 0 Å². The zero-order valence-electron chi connectivity index (χ0n) is 27.4. The number of rotatable bonds is 32. The highest BCUT2D eigenvalue weighted by molar-refractivity contribution is 5.75. The standard InChI is InChI=1S/C23H45NO4.C12H26O/c1-2-3-4-5-6-7-8-9-10-11-12-13-14-15-16-17-20-24-21(23(27)28)18-19-22(25)26;1-2-3-4-5-6-7-8-9-10-11-12-13/h21,24H,2-20H2,1H3,(H,25,26)(H,27,28);13H,2-12H2,1H3/t21-;/m0./s1. The number of carbonyl (C=O) groups is 2. The minimum absolute atomic E-state index is 0.108. The number of aliphatic hydroxyl groups excluding tert-OH is 1. The number of hydrogen-bond acceptors (Lipinski definition) is 4. The summed E-state index contributed by atoms with van der Waals surface area (Å²) in [6.07, 6.45) is 34.4. The third-order valence-corrected chi connectivity index (χ3v) is 7.88. The van der Waals surface area contributed by atoms with Gasteiger partial charge in [0.1, 0.15) is 6.04 Å². The molecule has 41 heavy (non-hydrogen) atoms. The van der Waals surface area contributed by atoms with Gasteiger partial charge in [-0.1, -0.05) is 168 Å². The van der Waals surface area contributed by atoms with Crippen molar-refractivity contribution in [2.24, 2.45) is 0 Å². The average Bonchev–Trinajstić information content (AvgIpc) is 2.95. The van der Waals surface area contributed by atoms with Gasteiger partial charge in [-0.2, -0.15) is 0 Å². The van der Waals surface area contributed by atoms with Gasteiger partial charge in [0.2, 0.25) is 0 Å². The summed E-state index contributed by atoms with van der Waals surface area (Å²) in [6.45, 7) is 5.54. The predicted molar refractivity (Wildman–Crippen MR) is 175 cm³/mol. The molecule has 0 aromatic heterocycles. The molecule has 0 rings (SSSR count). The zero-order valence-corrected chi connectivity index (χ0v) is 27.4. The van der Waals surface area contributed by atoms with Crippen LogP contribution in [-0.2, 0) is 9.59 Å². The maximum atomic E-state index is 11.1. The van der Waals surface area contributed by atoms with E-state index in [4.69, 9.17) is 15.3 Å². The third-order valence-electron chi connectivity index (χ3n) is 7.88. The van der Waals surface area contributed by atoms with Crippen LogP contribution in [0.1, 0.15) is 194 Å². The van der Waals surface area contributed by atoms with Gasteiger partial charge < -0.3 is 20.6 Å². The summed E-state index contributed by atoms with van der Waals surface area (Å²) < 4.78 is 0. The molecule has 0 aromatic rings. The summed E-state index contributed by atoms with van der Waals surface area (Å²) >= 11 is 0. The molecular formula is C35H71NO5. The average molecular weight is 586 g/mol. The Hall–Kier alpha value is -1.14. The molecule has 0 aliphatic heterocycles. The van der Waals surface area contributed by atoms with Crippen LogP contribution >= 0.6 is 0 Å². The topological polar surface area (TPSA) is 107 Å². The highest BCUT2D eigenvalue weighted by Crippen LogP contribution is 2.14. The first kappa shape index (κ1) is 42.0. The summed E-state index contributed by atoms with van der Waals surface area (Å²) in [4.78, 5) is 21.6. The van der Waals surface area contributed by atoms with Crippen LogP contribution in [0.3, 0.4) is 0 Å². The van der Waals surface area contributed by atoms with Gasteiger partial charge in [-0.25, -0.2) is 0 Å². The fourth-order valence-corrected chi connectivity index (χ4v) is 5.13. The van der Waals surface area contributed by atoms with Crippen LogP contribution < -0.4 is 5.32 Å². The quantitative estimate of drug-likeness (QED) is 0.0585. The summed E-state index contributed by atoms with van der Waals surface area (Å²) in [5.41, 5.74) is 0. The van der Waals surface area contributed by atoms with E-state index in [2.05, 4.69) is 19.2 Å². The summed E-state index contributed by atoms with van der Waals surface area (Å²) in [7, 11) is 0. The minimum atomic E-state index is -0.960. The Morgan fingerprint density at radius 2 is 0.829 bits per heavy atom. The first-order valence-electron chi connectivity index (χ1n) is 17.8. The van der Waals surface area contributed by atoms with E-state index in [0.717, 1.165) is 19.3 Å². The molecule has 0 saturated heterocycles. The van der Waals surface area contributed by atoms with Crippen molar-refractivity contribution < 1.29 is 24.9 Å². The van der Waals surface area contributed by atoms with Crippen molar-refractivity contribution in [3.8, 4) is 0 Å². The molecule has 4 N–H and O–H groups in total. The highest BCUT2D eigenvalue weighted by Gasteiger charge is 2.17. The molecule has 1 atom stereocenters. The van der Waals surface area contributed by atoms with Gasteiger partial charge in [-0.15, -0.1) is 0 Å². The van der Waals surface area contributed by atoms with Gasteiger partial charge in [0.05, 0.1) is 0 Å². The van der Waals surface area contributed by atoms with Crippen molar-refractivity contribution >= 4 is 11.9 Å². The SMILES string of the molecule is CCCCCCCCCCCCCCCCCCN[C@@H](CCC(=O)O)C(=O)O.CCCCCCCCCCCCO. The molecule has 0 bridgehead atoms. The number of carboxylic acids is 2. The summed E-state index contributed by atoms with van der Waals surface area (Å²) in [6, 6.07) is -0.743. The fourth-order valence-electron chi connectivity index (χ4n) is 5.13. The van der Waals surface area contributed by atoms with Crippen LogP contribution in [-0.4, -0.2) is 46.5 Å². The third kappa shape index (κ3) is 38.9. The number of hydrogen-bond donors (Lipinski definition) is 4. The molecule has 0 heterocycles. The highest BCUT2D eigenvalue weighted by atomic mass is 16.4. The van der Waals surface area contributed by atoms with Crippen molar-refractivity contribution in [2.45, 2.75) is 200 Å². The van der Waals surface area contributed by atoms with Gasteiger partial charge in [0.15, 0.2) is 0 Å². The molecule has 6 heteroatoms. The molecule has 0 unspecified atom stereocenters. The number of aliphatic hydroxyl groups is 1. The van der Waals surface area contributed by atoms with Crippen molar-refractivity contribution in [2.75, 3.05) is 13.2 Å². The van der Waals surface area contributed by atoms with Crippen LogP contribution in [0.15, 0.2) is 0 Å². The molecule has 6 nitrogen and oxygen atoms in total. The lowest BCUT2D eigenvalue weighted by atomic mass is 10.0. The molecule has 0 spiro atoms. The second kappa shape index (κ2) is 36.9. The molecule has 0 aromatic carbocycles. The Labute approximate surface area is 254 Å². The van der Waals surface area contributed by atoms with E-state index in [9.17, 15) is 9.59 Å². The van der Waals surface area contributed by atoms with E-state index in [1.165, 1.54) is 148 Å². The van der Waals surface area contributed by atoms with Gasteiger partial charge in [-0.05, 0) is 25.8 Å². The lowest BCUT2D eigenvalue weighted by Crippen LogP contribution is -2.37. The molecule has 0 amide bonds. The molecule has 0 radical (unpaired) electrons. The largest absolute Gasteiger partial charge is 0.481 e. The van der Waals surface area contributed by atoms with Crippen molar-refractivity contribution in [3.05, 3.63) is 0 Å². The number of carboxylic acid groups (broad SMARTS) is 2. The van der Waals surface area contributed by atoms with E-state index >= 15 is 0 Å². The molecule has 0 aliphatic carbocycles. The van der Waals surface area contributed by atoms with Gasteiger partial charge >= 0.3 is 11.9 Å². The summed E-state index contributed by atoms with van der Waals surface area (Å²) in [5.74, 6) is -1.91. The van der Waals surface area contributed by atoms with Crippen molar-refractivity contribution in [3.63, 3.8) is 0 Å². The molecular weight excluding hydrogens is 514 g/mol. The predicted octanol–water partition coefficient (Wildman–Crippen LogP) is 10.1. The summed E-state index contributed by atoms with van der Waals surface area (Å²) in [5, 5.41) is 29.2. The van der Waals surface area contributed by atoms with Crippen LogP contribution in [0.2, 0.25) is 0 Å². The van der Waals surface area contributed by atoms with Crippen molar-refractivity contribution in [1.82, 2.24) is 5.32 Å². The molecule has 0 aliphatic rings. The van der Waals surface area contributed by atoms with E-state index in [0.29, 0.717) is 13.2 Å². The lowest BCUT2D eigenvalue weighted by molar-refractivity contribution is -0.140. The Morgan fingerprint density at radius 3 is 1.12 bits per heavy atom. The maximum Gasteiger partial charge on any atom is 0.320 e. The molecule has 0 fully saturated rings. The second-order valence-corrected chi connectivity index (χ2v) is 12.0. The van der Waals surface area contributed by atoms with Gasteiger partial charge in [-0.3, -0.25) is 9.59 Å². The van der Waals surface area contributed by atoms with Crippen LogP contribution in [0, 0.1) is 0 Å². The minimum Gasteiger partial charge on any atom is -0.481 e. The zero-order chi connectivity index (χ0) is 30.7. The first-order valence-corrected chi connectivity index (χ1v) is 17.8. The monoisotopic (exact) mass is 586 g/mol. The number of aliphatic carboxylic acids is 2. The van der Waals surface area contributed by atoms with Gasteiger partial charge in [0, 0.05) is 13.0 Å². The Bertz CT molecular complexity index is 519. The van der Waals surface area contributed by atoms with Crippen molar-refractivity contribution in [1.29, 1.82) is 0 Å². The second-order valence-electron chi connectivity index (χ2n) is 12.0. The smallest absolute Gasteiger partial charge is 0.320 e. The number of unbranched alkanes of at least 4 members (excludes halogenated alkanes) is 24. The first-order chi connectivity index (χ1) is 20.0. The maximum absolute atomic E-state index is 11.1. The normalized spacial score (nSPS) is 11.7. The van der Waals surface area contributed by atoms with Crippen LogP contribution in [0.5, 0.6) is 0 Å². The van der Waals surface area contributed by atoms with E-state index in [1.54, 1.807) is 0 Å². The van der Waals surface area contributed by atoms with E-state index < -0.39 is 18.0 Å². The number of nitrogens with one attached hydrogen (secondary N) is 1. The van der Waals surface area contributed by atoms with Crippen LogP contribution in [0.25, 0.3) is 0 Å². The van der Waals surface area contributed by atoms with Gasteiger partial charge in [0.25, 0.3) is 0 Å². The molecule has 0 saturated carbocycles. The lowest BCUT2D eigenvalue weighted by Gasteiger charge is -2.13. The Balaban J connectivity index is 0.